The van der Waals surface area contributed by atoms with Crippen LogP contribution in [0.15, 0.2) is 36.5 Å². The van der Waals surface area contributed by atoms with E-state index in [-0.39, 0.29) is 0 Å². The highest BCUT2D eigenvalue weighted by molar-refractivity contribution is 6.34. The van der Waals surface area contributed by atoms with Gasteiger partial charge in [0.2, 0.25) is 0 Å². The zero-order chi connectivity index (χ0) is 13.0. The molecule has 0 saturated carbocycles. The molecule has 0 unspecified atom stereocenters. The minimum absolute atomic E-state index is 0.303. The van der Waals surface area contributed by atoms with Crippen molar-refractivity contribution in [2.45, 2.75) is 6.61 Å². The Morgan fingerprint density at radius 3 is 2.83 bits per heavy atom. The molecule has 0 aliphatic rings. The Morgan fingerprint density at radius 1 is 1.22 bits per heavy atom. The highest BCUT2D eigenvalue weighted by atomic mass is 35.5. The Bertz CT molecular complexity index is 608. The fraction of sp³-hybridized carbons (Fsp3) is 0.0769. The second-order valence-corrected chi connectivity index (χ2v) is 4.37. The molecule has 0 fully saturated rings. The summed E-state index contributed by atoms with van der Waals surface area (Å²) in [7, 11) is 0. The molecule has 1 aromatic carbocycles. The number of halogens is 2. The Hall–Kier alpha value is -1.76. The Morgan fingerprint density at radius 2 is 2.06 bits per heavy atom. The summed E-state index contributed by atoms with van der Waals surface area (Å²) in [5.41, 5.74) is 1.20. The molecule has 90 valence electrons. The van der Waals surface area contributed by atoms with Gasteiger partial charge < -0.3 is 4.74 Å². The van der Waals surface area contributed by atoms with Crippen molar-refractivity contribution >= 4 is 23.2 Å². The third kappa shape index (κ3) is 3.13. The van der Waals surface area contributed by atoms with E-state index in [2.05, 4.69) is 4.98 Å². The van der Waals surface area contributed by atoms with E-state index in [1.165, 1.54) is 0 Å². The van der Waals surface area contributed by atoms with E-state index in [4.69, 9.17) is 33.2 Å². The maximum atomic E-state index is 8.74. The van der Waals surface area contributed by atoms with Crippen LogP contribution in [-0.4, -0.2) is 4.98 Å². The molecule has 0 saturated heterocycles. The van der Waals surface area contributed by atoms with Crippen molar-refractivity contribution in [3.63, 3.8) is 0 Å². The van der Waals surface area contributed by atoms with Crippen LogP contribution < -0.4 is 4.74 Å². The van der Waals surface area contributed by atoms with Crippen LogP contribution in [-0.2, 0) is 6.61 Å². The first kappa shape index (κ1) is 12.7. The van der Waals surface area contributed by atoms with Gasteiger partial charge >= 0.3 is 0 Å². The smallest absolute Gasteiger partial charge is 0.140 e. The molecule has 5 heteroatoms. The summed E-state index contributed by atoms with van der Waals surface area (Å²) in [5, 5.41) is 9.79. The molecule has 1 heterocycles. The normalized spacial score (nSPS) is 9.83. The number of pyridine rings is 1. The lowest BCUT2D eigenvalue weighted by Crippen LogP contribution is -1.97. The molecule has 2 aromatic rings. The summed E-state index contributed by atoms with van der Waals surface area (Å²) in [6.07, 6.45) is 1.57. The van der Waals surface area contributed by atoms with Gasteiger partial charge in [-0.1, -0.05) is 23.2 Å². The lowest BCUT2D eigenvalue weighted by molar-refractivity contribution is 0.306. The van der Waals surface area contributed by atoms with Gasteiger partial charge in [0.25, 0.3) is 0 Å². The van der Waals surface area contributed by atoms with E-state index in [0.717, 1.165) is 5.56 Å². The molecule has 3 nitrogen and oxygen atoms in total. The summed E-state index contributed by atoms with van der Waals surface area (Å²) >= 11 is 11.8. The minimum Gasteiger partial charge on any atom is -0.487 e. The molecule has 0 aliphatic heterocycles. The van der Waals surface area contributed by atoms with E-state index in [9.17, 15) is 0 Å². The molecule has 0 bridgehead atoms. The van der Waals surface area contributed by atoms with Gasteiger partial charge in [-0.25, -0.2) is 4.98 Å². The van der Waals surface area contributed by atoms with Crippen LogP contribution in [0.4, 0.5) is 0 Å². The number of hydrogen-bond acceptors (Lipinski definition) is 3. The van der Waals surface area contributed by atoms with Crippen molar-refractivity contribution < 1.29 is 4.74 Å². The fourth-order valence-electron chi connectivity index (χ4n) is 1.37. The lowest BCUT2D eigenvalue weighted by Gasteiger charge is -2.08. The van der Waals surface area contributed by atoms with Gasteiger partial charge in [0.05, 0.1) is 5.02 Å². The number of nitrogens with zero attached hydrogens (tertiary/aromatic N) is 2. The van der Waals surface area contributed by atoms with Crippen molar-refractivity contribution in [3.05, 3.63) is 57.8 Å². The van der Waals surface area contributed by atoms with Gasteiger partial charge in [0.15, 0.2) is 0 Å². The summed E-state index contributed by atoms with van der Waals surface area (Å²) < 4.78 is 5.55. The Kier molecular flexibility index (Phi) is 4.03. The van der Waals surface area contributed by atoms with E-state index < -0.39 is 0 Å². The van der Waals surface area contributed by atoms with Crippen molar-refractivity contribution in [1.29, 1.82) is 5.26 Å². The highest BCUT2D eigenvalue weighted by Crippen LogP contribution is 2.28. The summed E-state index contributed by atoms with van der Waals surface area (Å²) in [4.78, 5) is 3.88. The Labute approximate surface area is 115 Å². The number of hydrogen-bond donors (Lipinski definition) is 0. The van der Waals surface area contributed by atoms with Gasteiger partial charge in [0.1, 0.15) is 24.1 Å². The van der Waals surface area contributed by atoms with Gasteiger partial charge in [-0.2, -0.15) is 5.26 Å². The second kappa shape index (κ2) is 5.72. The van der Waals surface area contributed by atoms with E-state index in [0.29, 0.717) is 28.1 Å². The van der Waals surface area contributed by atoms with Crippen LogP contribution in [0.1, 0.15) is 11.3 Å². The van der Waals surface area contributed by atoms with Crippen LogP contribution in [0.3, 0.4) is 0 Å². The first-order chi connectivity index (χ1) is 8.69. The third-order valence-electron chi connectivity index (χ3n) is 2.23. The molecular weight excluding hydrogens is 271 g/mol. The van der Waals surface area contributed by atoms with Gasteiger partial charge in [-0.3, -0.25) is 0 Å². The van der Waals surface area contributed by atoms with E-state index >= 15 is 0 Å². The molecule has 18 heavy (non-hydrogen) atoms. The second-order valence-electron chi connectivity index (χ2n) is 3.52. The lowest BCUT2D eigenvalue weighted by atomic mass is 10.2. The monoisotopic (exact) mass is 278 g/mol. The quantitative estimate of drug-likeness (QED) is 0.857. The van der Waals surface area contributed by atoms with Gasteiger partial charge in [-0.15, -0.1) is 0 Å². The summed E-state index contributed by atoms with van der Waals surface area (Å²) in [6.45, 7) is 0.303. The fourth-order valence-corrected chi connectivity index (χ4v) is 1.71. The molecule has 1 aromatic heterocycles. The number of nitriles is 1. The molecule has 0 amide bonds. The average molecular weight is 279 g/mol. The zero-order valence-corrected chi connectivity index (χ0v) is 10.7. The number of benzene rings is 1. The maximum Gasteiger partial charge on any atom is 0.140 e. The van der Waals surface area contributed by atoms with Crippen LogP contribution in [0, 0.1) is 11.3 Å². The van der Waals surface area contributed by atoms with Crippen LogP contribution >= 0.6 is 23.2 Å². The van der Waals surface area contributed by atoms with Crippen molar-refractivity contribution in [2.75, 3.05) is 0 Å². The van der Waals surface area contributed by atoms with Crippen molar-refractivity contribution in [1.82, 2.24) is 4.98 Å². The summed E-state index contributed by atoms with van der Waals surface area (Å²) in [5.74, 6) is 0.513. The zero-order valence-electron chi connectivity index (χ0n) is 9.23. The number of ether oxygens (including phenoxy) is 1. The number of rotatable bonds is 3. The molecule has 0 radical (unpaired) electrons. The predicted molar refractivity (Wildman–Crippen MR) is 69.7 cm³/mol. The average Bonchev–Trinajstić information content (AvgIpc) is 2.40. The predicted octanol–water partition coefficient (Wildman–Crippen LogP) is 3.84. The molecule has 0 spiro atoms. The largest absolute Gasteiger partial charge is 0.487 e. The Balaban J connectivity index is 2.11. The van der Waals surface area contributed by atoms with Crippen LogP contribution in [0.5, 0.6) is 5.75 Å². The topological polar surface area (TPSA) is 45.9 Å². The van der Waals surface area contributed by atoms with E-state index in [1.54, 1.807) is 36.5 Å². The third-order valence-corrected chi connectivity index (χ3v) is 2.77. The maximum absolute atomic E-state index is 8.74. The highest BCUT2D eigenvalue weighted by Gasteiger charge is 2.03. The molecule has 0 N–H and O–H groups in total. The van der Waals surface area contributed by atoms with E-state index in [1.807, 2.05) is 6.07 Å². The SMILES string of the molecule is N#Cc1cc(COc2cc(Cl)ccc2Cl)ccn1. The van der Waals surface area contributed by atoms with Crippen LogP contribution in [0.2, 0.25) is 10.0 Å². The standard InChI is InChI=1S/C13H8Cl2N2O/c14-10-1-2-12(15)13(6-10)18-8-9-3-4-17-11(5-9)7-16/h1-6H,8H2. The molecular formula is C13H8Cl2N2O. The minimum atomic E-state index is 0.303. The van der Waals surface area contributed by atoms with Crippen molar-refractivity contribution in [2.24, 2.45) is 0 Å². The summed E-state index contributed by atoms with van der Waals surface area (Å²) in [6, 6.07) is 10.4. The van der Waals surface area contributed by atoms with Crippen LogP contribution in [0.25, 0.3) is 0 Å². The first-order valence-corrected chi connectivity index (χ1v) is 5.87. The molecule has 2 rings (SSSR count). The van der Waals surface area contributed by atoms with Gasteiger partial charge in [-0.05, 0) is 29.8 Å². The first-order valence-electron chi connectivity index (χ1n) is 5.12. The molecule has 0 aliphatic carbocycles. The number of aromatic nitrogens is 1. The molecule has 0 atom stereocenters. The van der Waals surface area contributed by atoms with Gasteiger partial charge in [0, 0.05) is 17.3 Å². The van der Waals surface area contributed by atoms with Crippen molar-refractivity contribution in [3.8, 4) is 11.8 Å².